The van der Waals surface area contributed by atoms with Gasteiger partial charge in [-0.05, 0) is 55.0 Å². The molecule has 0 aromatic heterocycles. The van der Waals surface area contributed by atoms with Gasteiger partial charge in [-0.2, -0.15) is 0 Å². The van der Waals surface area contributed by atoms with Gasteiger partial charge in [-0.15, -0.1) is 0 Å². The second-order valence-corrected chi connectivity index (χ2v) is 10.0. The molecular formula is C32H40N2O3. The maximum atomic E-state index is 13.7. The highest BCUT2D eigenvalue weighted by Gasteiger charge is 2.31. The van der Waals surface area contributed by atoms with E-state index in [1.54, 1.807) is 4.90 Å². The van der Waals surface area contributed by atoms with Gasteiger partial charge in [0.2, 0.25) is 5.91 Å². The van der Waals surface area contributed by atoms with Crippen molar-refractivity contribution >= 4 is 11.8 Å². The molecule has 0 aliphatic heterocycles. The van der Waals surface area contributed by atoms with Gasteiger partial charge in [0.05, 0.1) is 0 Å². The zero-order valence-electron chi connectivity index (χ0n) is 22.7. The first-order chi connectivity index (χ1) is 17.8. The molecule has 3 aromatic carbocycles. The molecule has 5 heteroatoms. The monoisotopic (exact) mass is 500 g/mol. The zero-order chi connectivity index (χ0) is 26.8. The molecule has 3 aromatic rings. The summed E-state index contributed by atoms with van der Waals surface area (Å²) in [6.07, 6.45) is 1.23. The molecule has 37 heavy (non-hydrogen) atoms. The second-order valence-electron chi connectivity index (χ2n) is 10.0. The number of hydrogen-bond acceptors (Lipinski definition) is 3. The minimum absolute atomic E-state index is 0.0115. The average Bonchev–Trinajstić information content (AvgIpc) is 2.90. The van der Waals surface area contributed by atoms with Gasteiger partial charge >= 0.3 is 0 Å². The Morgan fingerprint density at radius 3 is 2.19 bits per heavy atom. The topological polar surface area (TPSA) is 58.6 Å². The summed E-state index contributed by atoms with van der Waals surface area (Å²) in [4.78, 5) is 28.9. The predicted octanol–water partition coefficient (Wildman–Crippen LogP) is 6.05. The molecule has 0 aliphatic carbocycles. The van der Waals surface area contributed by atoms with E-state index in [2.05, 4.69) is 25.2 Å². The number of nitrogens with one attached hydrogen (secondary N) is 1. The number of aryl methyl sites for hydroxylation is 1. The van der Waals surface area contributed by atoms with Crippen LogP contribution in [0.1, 0.15) is 62.3 Å². The van der Waals surface area contributed by atoms with Crippen LogP contribution in [0.25, 0.3) is 0 Å². The minimum atomic E-state index is -0.670. The van der Waals surface area contributed by atoms with Crippen molar-refractivity contribution in [3.8, 4) is 5.75 Å². The number of carbonyl (C=O) groups excluding carboxylic acids is 2. The zero-order valence-corrected chi connectivity index (χ0v) is 22.7. The first-order valence-corrected chi connectivity index (χ1v) is 13.2. The van der Waals surface area contributed by atoms with Crippen LogP contribution in [-0.4, -0.2) is 35.4 Å². The van der Waals surface area contributed by atoms with Crippen molar-refractivity contribution in [3.05, 3.63) is 101 Å². The molecular weight excluding hydrogens is 460 g/mol. The summed E-state index contributed by atoms with van der Waals surface area (Å²) in [5, 5.41) is 3.10. The van der Waals surface area contributed by atoms with Gasteiger partial charge in [0, 0.05) is 19.0 Å². The third kappa shape index (κ3) is 8.49. The van der Waals surface area contributed by atoms with Crippen molar-refractivity contribution in [2.75, 3.05) is 6.61 Å². The highest BCUT2D eigenvalue weighted by molar-refractivity contribution is 5.88. The Hall–Kier alpha value is -3.60. The van der Waals surface area contributed by atoms with E-state index < -0.39 is 6.04 Å². The molecule has 0 fully saturated rings. The van der Waals surface area contributed by atoms with Crippen LogP contribution in [0, 0.1) is 6.92 Å². The van der Waals surface area contributed by atoms with Crippen LogP contribution in [0.15, 0.2) is 78.9 Å². The Morgan fingerprint density at radius 1 is 0.892 bits per heavy atom. The lowest BCUT2D eigenvalue weighted by atomic mass is 10.0. The van der Waals surface area contributed by atoms with Gasteiger partial charge in [0.25, 0.3) is 5.91 Å². The van der Waals surface area contributed by atoms with Crippen molar-refractivity contribution in [2.24, 2.45) is 0 Å². The highest BCUT2D eigenvalue weighted by atomic mass is 16.5. The van der Waals surface area contributed by atoms with E-state index >= 15 is 0 Å². The fourth-order valence-corrected chi connectivity index (χ4v) is 4.18. The molecule has 0 aliphatic rings. The van der Waals surface area contributed by atoms with Gasteiger partial charge in [-0.25, -0.2) is 0 Å². The molecule has 1 N–H and O–H groups in total. The third-order valence-electron chi connectivity index (χ3n) is 6.62. The number of amides is 2. The molecule has 196 valence electrons. The maximum Gasteiger partial charge on any atom is 0.261 e. The standard InChI is InChI=1S/C32H40N2O3/c1-6-25(5)33-32(36)30(20-26-12-8-7-9-13-26)34(21-27-14-10-11-24(4)19-27)31(35)22-37-29-17-15-28(16-18-29)23(2)3/h7-19,23,25,30H,6,20-22H2,1-5H3,(H,33,36). The van der Waals surface area contributed by atoms with Crippen LogP contribution < -0.4 is 10.1 Å². The summed E-state index contributed by atoms with van der Waals surface area (Å²) in [7, 11) is 0. The number of rotatable bonds is 12. The van der Waals surface area contributed by atoms with Crippen LogP contribution in [0.3, 0.4) is 0 Å². The van der Waals surface area contributed by atoms with Crippen molar-refractivity contribution in [3.63, 3.8) is 0 Å². The quantitative estimate of drug-likeness (QED) is 0.329. The van der Waals surface area contributed by atoms with E-state index in [1.165, 1.54) is 5.56 Å². The van der Waals surface area contributed by atoms with Crippen LogP contribution >= 0.6 is 0 Å². The van der Waals surface area contributed by atoms with Gasteiger partial charge in [-0.3, -0.25) is 9.59 Å². The van der Waals surface area contributed by atoms with Crippen LogP contribution in [0.5, 0.6) is 5.75 Å². The SMILES string of the molecule is CCC(C)NC(=O)C(Cc1ccccc1)N(Cc1cccc(C)c1)C(=O)COc1ccc(C(C)C)cc1. The Kier molecular flexibility index (Phi) is 10.3. The lowest BCUT2D eigenvalue weighted by Crippen LogP contribution is -2.53. The normalized spacial score (nSPS) is 12.6. The van der Waals surface area contributed by atoms with Crippen molar-refractivity contribution in [1.82, 2.24) is 10.2 Å². The van der Waals surface area contributed by atoms with Gasteiger partial charge in [0.1, 0.15) is 11.8 Å². The molecule has 0 saturated carbocycles. The first-order valence-electron chi connectivity index (χ1n) is 13.2. The largest absolute Gasteiger partial charge is 0.484 e. The molecule has 0 spiro atoms. The van der Waals surface area contributed by atoms with Gasteiger partial charge < -0.3 is 15.0 Å². The number of ether oxygens (including phenoxy) is 1. The predicted molar refractivity (Wildman–Crippen MR) is 150 cm³/mol. The lowest BCUT2D eigenvalue weighted by molar-refractivity contribution is -0.143. The first kappa shape index (κ1) is 28.0. The molecule has 3 rings (SSSR count). The molecule has 0 bridgehead atoms. The summed E-state index contributed by atoms with van der Waals surface area (Å²) < 4.78 is 5.90. The van der Waals surface area contributed by atoms with E-state index in [9.17, 15) is 9.59 Å². The number of hydrogen-bond donors (Lipinski definition) is 1. The number of carbonyl (C=O) groups is 2. The van der Waals surface area contributed by atoms with Crippen LogP contribution in [-0.2, 0) is 22.6 Å². The molecule has 0 heterocycles. The van der Waals surface area contributed by atoms with Gasteiger partial charge in [-0.1, -0.05) is 93.1 Å². The molecule has 2 unspecified atom stereocenters. The van der Waals surface area contributed by atoms with E-state index in [-0.39, 0.29) is 24.5 Å². The van der Waals surface area contributed by atoms with Crippen LogP contribution in [0.4, 0.5) is 0 Å². The fraction of sp³-hybridized carbons (Fsp3) is 0.375. The Balaban J connectivity index is 1.89. The van der Waals surface area contributed by atoms with E-state index in [4.69, 9.17) is 4.74 Å². The Labute approximate surface area is 221 Å². The lowest BCUT2D eigenvalue weighted by Gasteiger charge is -2.32. The van der Waals surface area contributed by atoms with E-state index in [1.807, 2.05) is 93.6 Å². The van der Waals surface area contributed by atoms with E-state index in [0.717, 1.165) is 23.1 Å². The molecule has 5 nitrogen and oxygen atoms in total. The molecule has 2 atom stereocenters. The minimum Gasteiger partial charge on any atom is -0.484 e. The number of benzene rings is 3. The number of nitrogens with zero attached hydrogens (tertiary/aromatic N) is 1. The average molecular weight is 501 g/mol. The summed E-state index contributed by atoms with van der Waals surface area (Å²) >= 11 is 0. The second kappa shape index (κ2) is 13.6. The molecule has 2 amide bonds. The highest BCUT2D eigenvalue weighted by Crippen LogP contribution is 2.20. The van der Waals surface area contributed by atoms with Crippen molar-refractivity contribution in [2.45, 2.75) is 72.0 Å². The van der Waals surface area contributed by atoms with Crippen molar-refractivity contribution < 1.29 is 14.3 Å². The summed E-state index contributed by atoms with van der Waals surface area (Å²) in [5.74, 6) is 0.676. The smallest absolute Gasteiger partial charge is 0.261 e. The molecule has 0 radical (unpaired) electrons. The summed E-state index contributed by atoms with van der Waals surface area (Å²) in [5.41, 5.74) is 4.29. The van der Waals surface area contributed by atoms with Gasteiger partial charge in [0.15, 0.2) is 6.61 Å². The van der Waals surface area contributed by atoms with E-state index in [0.29, 0.717) is 24.6 Å². The Morgan fingerprint density at radius 2 is 1.57 bits per heavy atom. The van der Waals surface area contributed by atoms with Crippen LogP contribution in [0.2, 0.25) is 0 Å². The third-order valence-corrected chi connectivity index (χ3v) is 6.62. The summed E-state index contributed by atoms with van der Waals surface area (Å²) in [6.45, 7) is 10.5. The van der Waals surface area contributed by atoms with Crippen molar-refractivity contribution in [1.29, 1.82) is 0 Å². The Bertz CT molecular complexity index is 1140. The fourth-order valence-electron chi connectivity index (χ4n) is 4.18. The maximum absolute atomic E-state index is 13.7. The summed E-state index contributed by atoms with van der Waals surface area (Å²) in [6, 6.07) is 25.1. The molecule has 0 saturated heterocycles.